The van der Waals surface area contributed by atoms with E-state index in [2.05, 4.69) is 5.32 Å². The zero-order valence-electron chi connectivity index (χ0n) is 21.1. The molecule has 0 aromatic heterocycles. The van der Waals surface area contributed by atoms with Gasteiger partial charge in [-0.25, -0.2) is 12.8 Å². The number of carbonyl (C=O) groups excluding carboxylic acids is 2. The Morgan fingerprint density at radius 2 is 1.64 bits per heavy atom. The van der Waals surface area contributed by atoms with Crippen molar-refractivity contribution in [3.63, 3.8) is 0 Å². The Bertz CT molecular complexity index is 1110. The maximum atomic E-state index is 13.4. The lowest BCUT2D eigenvalue weighted by atomic mass is 10.1. The highest BCUT2D eigenvalue weighted by atomic mass is 32.2. The fourth-order valence-corrected chi connectivity index (χ4v) is 5.72. The van der Waals surface area contributed by atoms with Crippen molar-refractivity contribution in [2.24, 2.45) is 0 Å². The van der Waals surface area contributed by atoms with Gasteiger partial charge in [-0.15, -0.1) is 0 Å². The molecule has 196 valence electrons. The predicted octanol–water partition coefficient (Wildman–Crippen LogP) is 3.88. The standard InChI is InChI=1S/C27H36FN3O4S/c1-3-4-17-29-27(33)21(2)31(20-23-7-12-24(28)13-8-23)26(32)16-11-22-9-14-25(15-10-22)36(34,35)30-18-5-6-19-30/h7-10,12-15,21H,3-6,11,16-20H2,1-2H3,(H,29,33)/t21-/m1/s1. The van der Waals surface area contributed by atoms with Crippen molar-refractivity contribution in [2.75, 3.05) is 19.6 Å². The fraction of sp³-hybridized carbons (Fsp3) is 0.481. The number of sulfonamides is 1. The third kappa shape index (κ3) is 7.36. The molecule has 7 nitrogen and oxygen atoms in total. The molecule has 2 aromatic rings. The normalized spacial score (nSPS) is 15.0. The molecule has 1 fully saturated rings. The number of hydrogen-bond donors (Lipinski definition) is 1. The lowest BCUT2D eigenvalue weighted by Crippen LogP contribution is -2.47. The molecule has 0 aliphatic carbocycles. The van der Waals surface area contributed by atoms with E-state index in [1.165, 1.54) is 21.3 Å². The molecular formula is C27H36FN3O4S. The molecule has 2 amide bonds. The van der Waals surface area contributed by atoms with E-state index in [0.29, 0.717) is 26.1 Å². The highest BCUT2D eigenvalue weighted by Gasteiger charge is 2.28. The summed E-state index contributed by atoms with van der Waals surface area (Å²) in [5.41, 5.74) is 1.57. The van der Waals surface area contributed by atoms with Gasteiger partial charge >= 0.3 is 0 Å². The molecule has 0 bridgehead atoms. The van der Waals surface area contributed by atoms with Gasteiger partial charge in [-0.2, -0.15) is 4.31 Å². The van der Waals surface area contributed by atoms with Crippen LogP contribution in [0.25, 0.3) is 0 Å². The molecule has 0 radical (unpaired) electrons. The first-order valence-corrected chi connectivity index (χ1v) is 14.1. The van der Waals surface area contributed by atoms with E-state index in [0.717, 1.165) is 36.8 Å². The van der Waals surface area contributed by atoms with Crippen molar-refractivity contribution in [2.45, 2.75) is 69.9 Å². The Labute approximate surface area is 213 Å². The van der Waals surface area contributed by atoms with Gasteiger partial charge in [0, 0.05) is 32.6 Å². The van der Waals surface area contributed by atoms with Crippen molar-refractivity contribution >= 4 is 21.8 Å². The highest BCUT2D eigenvalue weighted by molar-refractivity contribution is 7.89. The molecule has 1 heterocycles. The van der Waals surface area contributed by atoms with Crippen molar-refractivity contribution < 1.29 is 22.4 Å². The third-order valence-corrected chi connectivity index (χ3v) is 8.43. The van der Waals surface area contributed by atoms with Gasteiger partial charge in [0.05, 0.1) is 4.90 Å². The summed E-state index contributed by atoms with van der Waals surface area (Å²) < 4.78 is 40.3. The Kier molecular flexibility index (Phi) is 10.0. The van der Waals surface area contributed by atoms with Crippen molar-refractivity contribution in [1.29, 1.82) is 0 Å². The van der Waals surface area contributed by atoms with Gasteiger partial charge in [-0.3, -0.25) is 9.59 Å². The lowest BCUT2D eigenvalue weighted by molar-refractivity contribution is -0.140. The van der Waals surface area contributed by atoms with Crippen molar-refractivity contribution in [3.8, 4) is 0 Å². The number of unbranched alkanes of at least 4 members (excludes halogenated alkanes) is 1. The first-order chi connectivity index (χ1) is 17.2. The van der Waals surface area contributed by atoms with Crippen LogP contribution >= 0.6 is 0 Å². The first-order valence-electron chi connectivity index (χ1n) is 12.6. The van der Waals surface area contributed by atoms with Gasteiger partial charge < -0.3 is 10.2 Å². The highest BCUT2D eigenvalue weighted by Crippen LogP contribution is 2.22. The van der Waals surface area contributed by atoms with Crippen LogP contribution in [-0.2, 0) is 32.6 Å². The zero-order chi connectivity index (χ0) is 26.1. The summed E-state index contributed by atoms with van der Waals surface area (Å²) >= 11 is 0. The summed E-state index contributed by atoms with van der Waals surface area (Å²) in [6.07, 6.45) is 4.13. The van der Waals surface area contributed by atoms with E-state index in [-0.39, 0.29) is 35.5 Å². The molecule has 9 heteroatoms. The van der Waals surface area contributed by atoms with Crippen LogP contribution in [0.2, 0.25) is 0 Å². The van der Waals surface area contributed by atoms with E-state index in [1.54, 1.807) is 43.3 Å². The second-order valence-electron chi connectivity index (χ2n) is 9.22. The monoisotopic (exact) mass is 517 g/mol. The van der Waals surface area contributed by atoms with E-state index in [4.69, 9.17) is 0 Å². The minimum absolute atomic E-state index is 0.159. The number of halogens is 1. The van der Waals surface area contributed by atoms with Crippen LogP contribution in [-0.4, -0.2) is 55.1 Å². The van der Waals surface area contributed by atoms with E-state index < -0.39 is 16.1 Å². The van der Waals surface area contributed by atoms with E-state index >= 15 is 0 Å². The molecule has 0 saturated carbocycles. The summed E-state index contributed by atoms with van der Waals surface area (Å²) in [6.45, 7) is 5.56. The lowest BCUT2D eigenvalue weighted by Gasteiger charge is -2.29. The van der Waals surface area contributed by atoms with Gasteiger partial charge in [-0.1, -0.05) is 37.6 Å². The number of rotatable bonds is 12. The van der Waals surface area contributed by atoms with Gasteiger partial charge in [-0.05, 0) is 68.0 Å². The molecule has 1 aliphatic rings. The number of nitrogens with zero attached hydrogens (tertiary/aromatic N) is 2. The number of hydrogen-bond acceptors (Lipinski definition) is 4. The van der Waals surface area contributed by atoms with Crippen LogP contribution in [0, 0.1) is 5.82 Å². The zero-order valence-corrected chi connectivity index (χ0v) is 21.9. The summed E-state index contributed by atoms with van der Waals surface area (Å²) in [5.74, 6) is -0.793. The summed E-state index contributed by atoms with van der Waals surface area (Å²) in [6, 6.07) is 11.9. The average molecular weight is 518 g/mol. The third-order valence-electron chi connectivity index (χ3n) is 6.52. The maximum absolute atomic E-state index is 13.4. The maximum Gasteiger partial charge on any atom is 0.243 e. The largest absolute Gasteiger partial charge is 0.354 e. The molecular weight excluding hydrogens is 481 g/mol. The van der Waals surface area contributed by atoms with Crippen molar-refractivity contribution in [3.05, 3.63) is 65.5 Å². The quantitative estimate of drug-likeness (QED) is 0.433. The Hall–Kier alpha value is -2.78. The molecule has 0 unspecified atom stereocenters. The molecule has 1 saturated heterocycles. The number of benzene rings is 2. The number of nitrogens with one attached hydrogen (secondary N) is 1. The molecule has 0 spiro atoms. The summed E-state index contributed by atoms with van der Waals surface area (Å²) in [7, 11) is -3.48. The Morgan fingerprint density at radius 1 is 1.03 bits per heavy atom. The molecule has 2 aromatic carbocycles. The van der Waals surface area contributed by atoms with E-state index in [1.807, 2.05) is 6.92 Å². The van der Waals surface area contributed by atoms with Crippen LogP contribution in [0.4, 0.5) is 4.39 Å². The fourth-order valence-electron chi connectivity index (χ4n) is 4.21. The number of carbonyl (C=O) groups is 2. The second kappa shape index (κ2) is 13.0. The summed E-state index contributed by atoms with van der Waals surface area (Å²) in [4.78, 5) is 27.7. The molecule has 1 atom stereocenters. The summed E-state index contributed by atoms with van der Waals surface area (Å²) in [5, 5.41) is 2.88. The molecule has 1 aliphatic heterocycles. The predicted molar refractivity (Wildman–Crippen MR) is 137 cm³/mol. The van der Waals surface area contributed by atoms with Crippen LogP contribution in [0.15, 0.2) is 53.4 Å². The van der Waals surface area contributed by atoms with Gasteiger partial charge in [0.25, 0.3) is 0 Å². The van der Waals surface area contributed by atoms with Gasteiger partial charge in [0.1, 0.15) is 11.9 Å². The Morgan fingerprint density at radius 3 is 2.25 bits per heavy atom. The number of amides is 2. The minimum Gasteiger partial charge on any atom is -0.354 e. The molecule has 36 heavy (non-hydrogen) atoms. The smallest absolute Gasteiger partial charge is 0.243 e. The van der Waals surface area contributed by atoms with Crippen molar-refractivity contribution in [1.82, 2.24) is 14.5 Å². The SMILES string of the molecule is CCCCNC(=O)[C@@H](C)N(Cc1ccc(F)cc1)C(=O)CCc1ccc(S(=O)(=O)N2CCCC2)cc1. The Balaban J connectivity index is 1.67. The first kappa shape index (κ1) is 27.8. The van der Waals surface area contributed by atoms with Crippen LogP contribution in [0.1, 0.15) is 57.1 Å². The topological polar surface area (TPSA) is 86.8 Å². The van der Waals surface area contributed by atoms with Crippen LogP contribution in [0.3, 0.4) is 0 Å². The van der Waals surface area contributed by atoms with Crippen LogP contribution < -0.4 is 5.32 Å². The second-order valence-corrected chi connectivity index (χ2v) is 11.2. The van der Waals surface area contributed by atoms with Crippen LogP contribution in [0.5, 0.6) is 0 Å². The minimum atomic E-state index is -3.48. The van der Waals surface area contributed by atoms with Gasteiger partial charge in [0.15, 0.2) is 0 Å². The molecule has 3 rings (SSSR count). The molecule has 1 N–H and O–H groups in total. The van der Waals surface area contributed by atoms with E-state index in [9.17, 15) is 22.4 Å². The van der Waals surface area contributed by atoms with Gasteiger partial charge in [0.2, 0.25) is 21.8 Å². The number of aryl methyl sites for hydroxylation is 1. The average Bonchev–Trinajstić information content (AvgIpc) is 3.43.